The minimum Gasteiger partial charge on any atom is -0.372 e. The first-order chi connectivity index (χ1) is 8.69. The Hall–Kier alpha value is -1.10. The molecule has 1 rings (SSSR count). The highest BCUT2D eigenvalue weighted by atomic mass is 79.9. The van der Waals surface area contributed by atoms with E-state index in [1.54, 1.807) is 19.3 Å². The van der Waals surface area contributed by atoms with Gasteiger partial charge in [-0.3, -0.25) is 4.79 Å². The molecule has 2 N–H and O–H groups in total. The van der Waals surface area contributed by atoms with Gasteiger partial charge in [-0.2, -0.15) is 0 Å². The third-order valence-corrected chi connectivity index (χ3v) is 3.09. The van der Waals surface area contributed by atoms with Gasteiger partial charge in [-0.1, -0.05) is 26.2 Å². The van der Waals surface area contributed by atoms with E-state index in [0.29, 0.717) is 17.9 Å². The van der Waals surface area contributed by atoms with Crippen LogP contribution >= 0.6 is 15.9 Å². The molecule has 1 heterocycles. The maximum Gasteiger partial charge on any atom is 0.255 e. The number of nitrogens with one attached hydrogen (secondary N) is 2. The zero-order valence-electron chi connectivity index (χ0n) is 10.9. The van der Waals surface area contributed by atoms with Gasteiger partial charge in [0.15, 0.2) is 0 Å². The Bertz CT molecular complexity index is 396. The van der Waals surface area contributed by atoms with Crippen LogP contribution in [-0.4, -0.2) is 24.5 Å². The normalized spacial score (nSPS) is 10.2. The van der Waals surface area contributed by atoms with Gasteiger partial charge >= 0.3 is 0 Å². The van der Waals surface area contributed by atoms with Crippen LogP contribution in [-0.2, 0) is 0 Å². The van der Waals surface area contributed by atoms with Gasteiger partial charge in [0.2, 0.25) is 0 Å². The van der Waals surface area contributed by atoms with Crippen LogP contribution in [0.1, 0.15) is 43.0 Å². The van der Waals surface area contributed by atoms with Crippen molar-refractivity contribution in [3.63, 3.8) is 0 Å². The van der Waals surface area contributed by atoms with E-state index in [0.717, 1.165) is 17.3 Å². The summed E-state index contributed by atoms with van der Waals surface area (Å²) in [6, 6.07) is 1.78. The number of halogens is 1. The molecule has 0 aliphatic carbocycles. The number of hydrogen-bond donors (Lipinski definition) is 2. The summed E-state index contributed by atoms with van der Waals surface area (Å²) in [7, 11) is 1.76. The number of amides is 1. The highest BCUT2D eigenvalue weighted by Crippen LogP contribution is 2.17. The summed E-state index contributed by atoms with van der Waals surface area (Å²) in [5.41, 5.74) is 0.572. The number of anilines is 1. The van der Waals surface area contributed by atoms with Crippen molar-refractivity contribution in [1.82, 2.24) is 10.3 Å². The summed E-state index contributed by atoms with van der Waals surface area (Å²) in [6.07, 6.45) is 6.27. The van der Waals surface area contributed by atoms with E-state index in [-0.39, 0.29) is 5.91 Å². The Balaban J connectivity index is 2.52. The highest BCUT2D eigenvalue weighted by molar-refractivity contribution is 9.10. The third kappa shape index (κ3) is 4.64. The lowest BCUT2D eigenvalue weighted by Gasteiger charge is -2.09. The predicted molar refractivity (Wildman–Crippen MR) is 78.0 cm³/mol. The van der Waals surface area contributed by atoms with E-state index in [9.17, 15) is 4.79 Å². The first-order valence-corrected chi connectivity index (χ1v) is 7.09. The van der Waals surface area contributed by atoms with Crippen LogP contribution in [0, 0.1) is 0 Å². The number of rotatable bonds is 7. The van der Waals surface area contributed by atoms with Gasteiger partial charge in [-0.25, -0.2) is 4.98 Å². The Morgan fingerprint density at radius 2 is 2.17 bits per heavy atom. The summed E-state index contributed by atoms with van der Waals surface area (Å²) < 4.78 is 0.803. The number of aromatic nitrogens is 1. The SMILES string of the molecule is CCCCCCNC(=O)c1cc(Br)cnc1NC. The molecule has 0 radical (unpaired) electrons. The average Bonchev–Trinajstić information content (AvgIpc) is 2.38. The first-order valence-electron chi connectivity index (χ1n) is 6.30. The summed E-state index contributed by atoms with van der Waals surface area (Å²) >= 11 is 3.33. The number of carbonyl (C=O) groups excluding carboxylic acids is 1. The van der Waals surface area contributed by atoms with E-state index in [1.807, 2.05) is 0 Å². The number of hydrogen-bond acceptors (Lipinski definition) is 3. The van der Waals surface area contributed by atoms with E-state index in [2.05, 4.69) is 38.5 Å². The molecule has 0 unspecified atom stereocenters. The molecule has 0 spiro atoms. The summed E-state index contributed by atoms with van der Waals surface area (Å²) in [4.78, 5) is 16.2. The van der Waals surface area contributed by atoms with Gasteiger partial charge in [-0.15, -0.1) is 0 Å². The van der Waals surface area contributed by atoms with Crippen LogP contribution in [0.4, 0.5) is 5.82 Å². The molecule has 18 heavy (non-hydrogen) atoms. The van der Waals surface area contributed by atoms with Crippen molar-refractivity contribution < 1.29 is 4.79 Å². The van der Waals surface area contributed by atoms with Crippen LogP contribution < -0.4 is 10.6 Å². The second-order valence-corrected chi connectivity index (χ2v) is 5.03. The fourth-order valence-corrected chi connectivity index (χ4v) is 1.99. The molecule has 4 nitrogen and oxygen atoms in total. The van der Waals surface area contributed by atoms with Crippen molar-refractivity contribution in [2.75, 3.05) is 18.9 Å². The van der Waals surface area contributed by atoms with Crippen molar-refractivity contribution in [2.24, 2.45) is 0 Å². The molecule has 0 fully saturated rings. The van der Waals surface area contributed by atoms with Crippen LogP contribution in [0.2, 0.25) is 0 Å². The second kappa shape index (κ2) is 8.08. The Labute approximate surface area is 117 Å². The monoisotopic (exact) mass is 313 g/mol. The van der Waals surface area contributed by atoms with Gasteiger partial charge < -0.3 is 10.6 Å². The van der Waals surface area contributed by atoms with Gasteiger partial charge in [0.25, 0.3) is 5.91 Å². The quantitative estimate of drug-likeness (QED) is 0.760. The Morgan fingerprint density at radius 1 is 1.39 bits per heavy atom. The Kier molecular flexibility index (Phi) is 6.72. The molecule has 1 amide bonds. The maximum absolute atomic E-state index is 12.0. The van der Waals surface area contributed by atoms with Gasteiger partial charge in [0, 0.05) is 24.3 Å². The standard InChI is InChI=1S/C13H20BrN3O/c1-3-4-5-6-7-16-13(18)11-8-10(14)9-17-12(11)15-2/h8-9H,3-7H2,1-2H3,(H,15,17)(H,16,18). The second-order valence-electron chi connectivity index (χ2n) is 4.12. The molecule has 1 aromatic heterocycles. The van der Waals surface area contributed by atoms with Crippen molar-refractivity contribution in [1.29, 1.82) is 0 Å². The molecular formula is C13H20BrN3O. The fourth-order valence-electron chi connectivity index (χ4n) is 1.66. The predicted octanol–water partition coefficient (Wildman–Crippen LogP) is 3.20. The van der Waals surface area contributed by atoms with E-state index < -0.39 is 0 Å². The van der Waals surface area contributed by atoms with E-state index in [1.165, 1.54) is 12.8 Å². The molecule has 0 saturated carbocycles. The zero-order valence-corrected chi connectivity index (χ0v) is 12.5. The first kappa shape index (κ1) is 15.0. The van der Waals surface area contributed by atoms with Gasteiger partial charge in [0.05, 0.1) is 5.56 Å². The molecule has 0 aromatic carbocycles. The largest absolute Gasteiger partial charge is 0.372 e. The lowest BCUT2D eigenvalue weighted by molar-refractivity contribution is 0.0953. The van der Waals surface area contributed by atoms with Crippen molar-refractivity contribution in [3.05, 3.63) is 22.3 Å². The van der Waals surface area contributed by atoms with Crippen molar-refractivity contribution >= 4 is 27.7 Å². The summed E-state index contributed by atoms with van der Waals surface area (Å²) in [5, 5.41) is 5.84. The topological polar surface area (TPSA) is 54.0 Å². The van der Waals surface area contributed by atoms with Crippen LogP contribution in [0.15, 0.2) is 16.7 Å². The minimum absolute atomic E-state index is 0.0790. The van der Waals surface area contributed by atoms with E-state index >= 15 is 0 Å². The molecule has 100 valence electrons. The lowest BCUT2D eigenvalue weighted by atomic mass is 10.2. The molecule has 0 aliphatic heterocycles. The minimum atomic E-state index is -0.0790. The molecule has 0 aliphatic rings. The summed E-state index contributed by atoms with van der Waals surface area (Å²) in [6.45, 7) is 2.89. The smallest absolute Gasteiger partial charge is 0.255 e. The van der Waals surface area contributed by atoms with Gasteiger partial charge in [0.1, 0.15) is 5.82 Å². The maximum atomic E-state index is 12.0. The number of pyridine rings is 1. The molecular weight excluding hydrogens is 294 g/mol. The Morgan fingerprint density at radius 3 is 2.83 bits per heavy atom. The zero-order chi connectivity index (χ0) is 13.4. The number of unbranched alkanes of at least 4 members (excludes halogenated alkanes) is 3. The van der Waals surface area contributed by atoms with E-state index in [4.69, 9.17) is 0 Å². The van der Waals surface area contributed by atoms with Crippen molar-refractivity contribution in [3.8, 4) is 0 Å². The molecule has 5 heteroatoms. The third-order valence-electron chi connectivity index (χ3n) is 2.65. The molecule has 1 aromatic rings. The molecule has 0 bridgehead atoms. The average molecular weight is 314 g/mol. The number of nitrogens with zero attached hydrogens (tertiary/aromatic N) is 1. The number of carbonyl (C=O) groups is 1. The highest BCUT2D eigenvalue weighted by Gasteiger charge is 2.11. The molecule has 0 atom stereocenters. The van der Waals surface area contributed by atoms with Gasteiger partial charge in [-0.05, 0) is 28.4 Å². The molecule has 0 saturated heterocycles. The summed E-state index contributed by atoms with van der Waals surface area (Å²) in [5.74, 6) is 0.522. The van der Waals surface area contributed by atoms with Crippen LogP contribution in [0.3, 0.4) is 0 Å². The van der Waals surface area contributed by atoms with Crippen LogP contribution in [0.5, 0.6) is 0 Å². The van der Waals surface area contributed by atoms with Crippen molar-refractivity contribution in [2.45, 2.75) is 32.6 Å². The van der Waals surface area contributed by atoms with Crippen LogP contribution in [0.25, 0.3) is 0 Å². The lowest BCUT2D eigenvalue weighted by Crippen LogP contribution is -2.25. The fraction of sp³-hybridized carbons (Fsp3) is 0.538.